The number of nitrogens with zero attached hydrogens (tertiary/aromatic N) is 2. The zero-order chi connectivity index (χ0) is 13.0. The predicted octanol–water partition coefficient (Wildman–Crippen LogP) is 0.193. The van der Waals surface area contributed by atoms with Gasteiger partial charge in [-0.3, -0.25) is 9.59 Å². The molecule has 0 bridgehead atoms. The van der Waals surface area contributed by atoms with Gasteiger partial charge < -0.3 is 15.5 Å². The first kappa shape index (κ1) is 14.0. The van der Waals surface area contributed by atoms with Crippen LogP contribution in [0.15, 0.2) is 0 Å². The molecule has 0 spiro atoms. The highest BCUT2D eigenvalue weighted by Gasteiger charge is 2.36. The van der Waals surface area contributed by atoms with E-state index in [1.165, 1.54) is 0 Å². The Bertz CT molecular complexity index is 291. The number of carbonyl (C=O) groups is 2. The lowest BCUT2D eigenvalue weighted by molar-refractivity contribution is -0.143. The van der Waals surface area contributed by atoms with Gasteiger partial charge in [0.25, 0.3) is 0 Å². The van der Waals surface area contributed by atoms with Crippen LogP contribution < -0.4 is 5.73 Å². The molecule has 1 fully saturated rings. The molecule has 98 valence electrons. The van der Waals surface area contributed by atoms with Gasteiger partial charge in [-0.05, 0) is 19.3 Å². The SMILES string of the molecule is CCC[C@@H](N)C(=O)N1CCCC1C(=O)N(C)C. The molecule has 2 atom stereocenters. The van der Waals surface area contributed by atoms with Crippen LogP contribution in [-0.2, 0) is 9.59 Å². The molecule has 0 aromatic rings. The molecule has 2 N–H and O–H groups in total. The maximum Gasteiger partial charge on any atom is 0.244 e. The molecule has 5 heteroatoms. The number of likely N-dealkylation sites (N-methyl/N-ethyl adjacent to an activating group) is 1. The van der Waals surface area contributed by atoms with Gasteiger partial charge in [0.05, 0.1) is 6.04 Å². The second-order valence-electron chi connectivity index (χ2n) is 4.82. The first-order valence-corrected chi connectivity index (χ1v) is 6.26. The molecule has 1 aliphatic rings. The highest BCUT2D eigenvalue weighted by atomic mass is 16.2. The molecular weight excluding hydrogens is 218 g/mol. The van der Waals surface area contributed by atoms with Gasteiger partial charge in [-0.2, -0.15) is 0 Å². The lowest BCUT2D eigenvalue weighted by atomic mass is 10.1. The molecule has 1 aliphatic heterocycles. The van der Waals surface area contributed by atoms with E-state index >= 15 is 0 Å². The third kappa shape index (κ3) is 3.19. The van der Waals surface area contributed by atoms with Crippen molar-refractivity contribution in [1.29, 1.82) is 0 Å². The first-order chi connectivity index (χ1) is 7.99. The van der Waals surface area contributed by atoms with E-state index < -0.39 is 6.04 Å². The van der Waals surface area contributed by atoms with Crippen LogP contribution in [0.3, 0.4) is 0 Å². The zero-order valence-electron chi connectivity index (χ0n) is 11.0. The van der Waals surface area contributed by atoms with E-state index in [-0.39, 0.29) is 17.9 Å². The maximum absolute atomic E-state index is 12.1. The summed E-state index contributed by atoms with van der Waals surface area (Å²) in [6.45, 7) is 2.65. The van der Waals surface area contributed by atoms with Crippen molar-refractivity contribution in [2.75, 3.05) is 20.6 Å². The van der Waals surface area contributed by atoms with Crippen LogP contribution in [0, 0.1) is 0 Å². The smallest absolute Gasteiger partial charge is 0.244 e. The maximum atomic E-state index is 12.1. The van der Waals surface area contributed by atoms with Crippen molar-refractivity contribution in [1.82, 2.24) is 9.80 Å². The number of likely N-dealkylation sites (tertiary alicyclic amines) is 1. The summed E-state index contributed by atoms with van der Waals surface area (Å²) in [5.41, 5.74) is 5.83. The molecule has 0 aromatic carbocycles. The molecule has 17 heavy (non-hydrogen) atoms. The molecule has 5 nitrogen and oxygen atoms in total. The summed E-state index contributed by atoms with van der Waals surface area (Å²) in [6.07, 6.45) is 3.20. The molecule has 0 radical (unpaired) electrons. The summed E-state index contributed by atoms with van der Waals surface area (Å²) < 4.78 is 0. The van der Waals surface area contributed by atoms with Crippen LogP contribution in [0.4, 0.5) is 0 Å². The third-order valence-electron chi connectivity index (χ3n) is 3.18. The number of carbonyl (C=O) groups excluding carboxylic acids is 2. The summed E-state index contributed by atoms with van der Waals surface area (Å²) in [5.74, 6) is -0.0795. The molecule has 2 amide bonds. The quantitative estimate of drug-likeness (QED) is 0.764. The average molecular weight is 241 g/mol. The Balaban J connectivity index is 2.69. The van der Waals surface area contributed by atoms with Crippen LogP contribution in [0.1, 0.15) is 32.6 Å². The van der Waals surface area contributed by atoms with Crippen molar-refractivity contribution in [2.24, 2.45) is 5.73 Å². The standard InChI is InChI=1S/C12H23N3O2/c1-4-6-9(13)11(16)15-8-5-7-10(15)12(17)14(2)3/h9-10H,4-8,13H2,1-3H3/t9-,10?/m1/s1. The minimum absolute atomic E-state index is 0.000418. The number of nitrogens with two attached hydrogens (primary N) is 1. The second kappa shape index (κ2) is 6.00. The minimum Gasteiger partial charge on any atom is -0.347 e. The van der Waals surface area contributed by atoms with E-state index in [4.69, 9.17) is 5.73 Å². The summed E-state index contributed by atoms with van der Waals surface area (Å²) in [6, 6.07) is -0.768. The van der Waals surface area contributed by atoms with Gasteiger partial charge in [0, 0.05) is 20.6 Å². The van der Waals surface area contributed by atoms with E-state index in [9.17, 15) is 9.59 Å². The van der Waals surface area contributed by atoms with Crippen molar-refractivity contribution >= 4 is 11.8 Å². The Kier molecular flexibility index (Phi) is 4.93. The molecular formula is C12H23N3O2. The van der Waals surface area contributed by atoms with E-state index in [2.05, 4.69) is 0 Å². The van der Waals surface area contributed by atoms with Gasteiger partial charge in [0.1, 0.15) is 6.04 Å². The van der Waals surface area contributed by atoms with E-state index in [0.717, 1.165) is 19.3 Å². The predicted molar refractivity (Wildman–Crippen MR) is 66.3 cm³/mol. The summed E-state index contributed by atoms with van der Waals surface area (Å²) in [5, 5.41) is 0. The lowest BCUT2D eigenvalue weighted by Gasteiger charge is -2.28. The Morgan fingerprint density at radius 3 is 2.65 bits per heavy atom. The van der Waals surface area contributed by atoms with Crippen LogP contribution >= 0.6 is 0 Å². The van der Waals surface area contributed by atoms with E-state index in [0.29, 0.717) is 13.0 Å². The normalized spacial score (nSPS) is 21.4. The molecule has 0 aromatic heterocycles. The molecule has 1 unspecified atom stereocenters. The molecule has 1 heterocycles. The monoisotopic (exact) mass is 241 g/mol. The summed E-state index contributed by atoms with van der Waals surface area (Å²) in [4.78, 5) is 27.2. The van der Waals surface area contributed by atoms with E-state index in [1.54, 1.807) is 23.9 Å². The number of amides is 2. The molecule has 0 aliphatic carbocycles. The Morgan fingerprint density at radius 1 is 1.47 bits per heavy atom. The van der Waals surface area contributed by atoms with Crippen LogP contribution in [-0.4, -0.2) is 54.3 Å². The summed E-state index contributed by atoms with van der Waals surface area (Å²) in [7, 11) is 3.44. The Morgan fingerprint density at radius 2 is 2.12 bits per heavy atom. The molecule has 0 saturated carbocycles. The van der Waals surface area contributed by atoms with Crippen molar-refractivity contribution in [3.05, 3.63) is 0 Å². The second-order valence-corrected chi connectivity index (χ2v) is 4.82. The van der Waals surface area contributed by atoms with Crippen LogP contribution in [0.5, 0.6) is 0 Å². The van der Waals surface area contributed by atoms with Gasteiger partial charge in [-0.1, -0.05) is 13.3 Å². The Labute approximate surface area is 103 Å². The zero-order valence-corrected chi connectivity index (χ0v) is 11.0. The molecule has 1 rings (SSSR count). The van der Waals surface area contributed by atoms with Gasteiger partial charge >= 0.3 is 0 Å². The third-order valence-corrected chi connectivity index (χ3v) is 3.18. The van der Waals surface area contributed by atoms with Crippen molar-refractivity contribution in [3.8, 4) is 0 Å². The minimum atomic E-state index is -0.462. The Hall–Kier alpha value is -1.10. The summed E-state index contributed by atoms with van der Waals surface area (Å²) >= 11 is 0. The highest BCUT2D eigenvalue weighted by molar-refractivity contribution is 5.90. The van der Waals surface area contributed by atoms with Crippen LogP contribution in [0.2, 0.25) is 0 Å². The van der Waals surface area contributed by atoms with Gasteiger partial charge in [0.15, 0.2) is 0 Å². The average Bonchev–Trinajstić information content (AvgIpc) is 2.75. The fraction of sp³-hybridized carbons (Fsp3) is 0.833. The van der Waals surface area contributed by atoms with Crippen molar-refractivity contribution in [2.45, 2.75) is 44.7 Å². The first-order valence-electron chi connectivity index (χ1n) is 6.26. The van der Waals surface area contributed by atoms with Crippen molar-refractivity contribution in [3.63, 3.8) is 0 Å². The largest absolute Gasteiger partial charge is 0.347 e. The van der Waals surface area contributed by atoms with Crippen molar-refractivity contribution < 1.29 is 9.59 Å². The fourth-order valence-electron chi connectivity index (χ4n) is 2.23. The molecule has 1 saturated heterocycles. The lowest BCUT2D eigenvalue weighted by Crippen LogP contribution is -2.50. The number of hydrogen-bond donors (Lipinski definition) is 1. The number of hydrogen-bond acceptors (Lipinski definition) is 3. The van der Waals surface area contributed by atoms with Gasteiger partial charge in [0.2, 0.25) is 11.8 Å². The highest BCUT2D eigenvalue weighted by Crippen LogP contribution is 2.20. The van der Waals surface area contributed by atoms with Gasteiger partial charge in [-0.15, -0.1) is 0 Å². The van der Waals surface area contributed by atoms with Gasteiger partial charge in [-0.25, -0.2) is 0 Å². The van der Waals surface area contributed by atoms with E-state index in [1.807, 2.05) is 6.92 Å². The van der Waals surface area contributed by atoms with Crippen LogP contribution in [0.25, 0.3) is 0 Å². The number of rotatable bonds is 4. The topological polar surface area (TPSA) is 66.6 Å². The fourth-order valence-corrected chi connectivity index (χ4v) is 2.23.